The molecule has 1 saturated carbocycles. The molecule has 2 aromatic rings. The molecule has 1 aromatic heterocycles. The summed E-state index contributed by atoms with van der Waals surface area (Å²) in [4.78, 5) is 4.58. The molecule has 23 heavy (non-hydrogen) atoms. The molecule has 1 fully saturated rings. The van der Waals surface area contributed by atoms with Crippen LogP contribution < -0.4 is 10.1 Å². The number of fused-ring (bicyclic) bond motifs is 1. The SMILES string of the molecule is COc1ccc(Cl)c2c1CCCC2NCc1nc(C2CC2)n[nH]1. The van der Waals surface area contributed by atoms with E-state index in [-0.39, 0.29) is 6.04 Å². The molecule has 6 heteroatoms. The zero-order chi connectivity index (χ0) is 15.8. The minimum absolute atomic E-state index is 0.232. The maximum atomic E-state index is 6.47. The summed E-state index contributed by atoms with van der Waals surface area (Å²) in [5, 5.41) is 11.8. The van der Waals surface area contributed by atoms with E-state index in [2.05, 4.69) is 20.5 Å². The lowest BCUT2D eigenvalue weighted by Gasteiger charge is -2.28. The highest BCUT2D eigenvalue weighted by Gasteiger charge is 2.28. The molecule has 2 aliphatic rings. The van der Waals surface area contributed by atoms with E-state index in [0.717, 1.165) is 41.7 Å². The summed E-state index contributed by atoms with van der Waals surface area (Å²) in [5.74, 6) is 3.38. The largest absolute Gasteiger partial charge is 0.496 e. The molecule has 0 spiro atoms. The Labute approximate surface area is 140 Å². The van der Waals surface area contributed by atoms with Crippen LogP contribution in [0.15, 0.2) is 12.1 Å². The van der Waals surface area contributed by atoms with Crippen molar-refractivity contribution in [3.8, 4) is 5.75 Å². The Hall–Kier alpha value is -1.59. The Morgan fingerprint density at radius 3 is 3.00 bits per heavy atom. The maximum absolute atomic E-state index is 6.47. The number of benzene rings is 1. The van der Waals surface area contributed by atoms with Crippen molar-refractivity contribution in [3.63, 3.8) is 0 Å². The van der Waals surface area contributed by atoms with Crippen molar-refractivity contribution in [2.24, 2.45) is 0 Å². The highest BCUT2D eigenvalue weighted by molar-refractivity contribution is 6.31. The standard InChI is InChI=1S/C17H21ClN4O/c1-23-14-8-7-12(18)16-11(14)3-2-4-13(16)19-9-15-20-17(22-21-15)10-5-6-10/h7-8,10,13,19H,2-6,9H2,1H3,(H,20,21,22). The van der Waals surface area contributed by atoms with Gasteiger partial charge in [0.25, 0.3) is 0 Å². The van der Waals surface area contributed by atoms with E-state index in [1.807, 2.05) is 12.1 Å². The summed E-state index contributed by atoms with van der Waals surface area (Å²) < 4.78 is 5.50. The Morgan fingerprint density at radius 1 is 1.35 bits per heavy atom. The fourth-order valence-electron chi connectivity index (χ4n) is 3.41. The van der Waals surface area contributed by atoms with Gasteiger partial charge in [0.1, 0.15) is 11.6 Å². The van der Waals surface area contributed by atoms with Gasteiger partial charge >= 0.3 is 0 Å². The van der Waals surface area contributed by atoms with Crippen LogP contribution in [0.25, 0.3) is 0 Å². The van der Waals surface area contributed by atoms with Crippen LogP contribution in [0.2, 0.25) is 5.02 Å². The lowest BCUT2D eigenvalue weighted by molar-refractivity contribution is 0.395. The zero-order valence-corrected chi connectivity index (χ0v) is 14.0. The van der Waals surface area contributed by atoms with E-state index in [1.54, 1.807) is 7.11 Å². The third-order valence-corrected chi connectivity index (χ3v) is 5.09. The van der Waals surface area contributed by atoms with Gasteiger partial charge in [0.15, 0.2) is 5.82 Å². The lowest BCUT2D eigenvalue weighted by Crippen LogP contribution is -2.26. The molecule has 1 aromatic carbocycles. The van der Waals surface area contributed by atoms with Crippen LogP contribution in [-0.2, 0) is 13.0 Å². The summed E-state index contributed by atoms with van der Waals surface area (Å²) in [6, 6.07) is 4.12. The van der Waals surface area contributed by atoms with E-state index in [0.29, 0.717) is 12.5 Å². The second-order valence-electron chi connectivity index (χ2n) is 6.38. The Kier molecular flexibility index (Phi) is 3.99. The highest BCUT2D eigenvalue weighted by Crippen LogP contribution is 2.40. The van der Waals surface area contributed by atoms with Crippen LogP contribution in [0.1, 0.15) is 60.4 Å². The normalized spacial score (nSPS) is 20.3. The van der Waals surface area contributed by atoms with Crippen molar-refractivity contribution in [1.82, 2.24) is 20.5 Å². The number of halogens is 1. The maximum Gasteiger partial charge on any atom is 0.153 e. The van der Waals surface area contributed by atoms with Gasteiger partial charge in [-0.25, -0.2) is 4.98 Å². The van der Waals surface area contributed by atoms with Crippen molar-refractivity contribution in [2.75, 3.05) is 7.11 Å². The van der Waals surface area contributed by atoms with Crippen LogP contribution in [0.4, 0.5) is 0 Å². The molecule has 0 saturated heterocycles. The van der Waals surface area contributed by atoms with E-state index in [9.17, 15) is 0 Å². The van der Waals surface area contributed by atoms with E-state index in [1.165, 1.54) is 24.0 Å². The molecular formula is C17H21ClN4O. The molecule has 1 heterocycles. The summed E-state index contributed by atoms with van der Waals surface area (Å²) in [7, 11) is 1.72. The third-order valence-electron chi connectivity index (χ3n) is 4.76. The molecule has 122 valence electrons. The topological polar surface area (TPSA) is 62.8 Å². The molecule has 1 atom stereocenters. The number of rotatable bonds is 5. The third kappa shape index (κ3) is 2.95. The molecule has 0 aliphatic heterocycles. The first-order chi connectivity index (χ1) is 11.3. The summed E-state index contributed by atoms with van der Waals surface area (Å²) in [6.45, 7) is 0.678. The molecule has 5 nitrogen and oxygen atoms in total. The smallest absolute Gasteiger partial charge is 0.153 e. The van der Waals surface area contributed by atoms with Gasteiger partial charge in [0.05, 0.1) is 13.7 Å². The second kappa shape index (κ2) is 6.13. The van der Waals surface area contributed by atoms with Crippen LogP contribution >= 0.6 is 11.6 Å². The van der Waals surface area contributed by atoms with Crippen molar-refractivity contribution in [1.29, 1.82) is 0 Å². The minimum Gasteiger partial charge on any atom is -0.496 e. The number of aromatic amines is 1. The van der Waals surface area contributed by atoms with Crippen LogP contribution in [-0.4, -0.2) is 22.3 Å². The predicted octanol–water partition coefficient (Wildman–Crippen LogP) is 3.51. The lowest BCUT2D eigenvalue weighted by atomic mass is 9.87. The predicted molar refractivity (Wildman–Crippen MR) is 88.9 cm³/mol. The van der Waals surface area contributed by atoms with Gasteiger partial charge in [-0.1, -0.05) is 11.6 Å². The van der Waals surface area contributed by atoms with Gasteiger partial charge in [-0.3, -0.25) is 5.10 Å². The number of methoxy groups -OCH3 is 1. The molecule has 4 rings (SSSR count). The monoisotopic (exact) mass is 332 g/mol. The number of ether oxygens (including phenoxy) is 1. The zero-order valence-electron chi connectivity index (χ0n) is 13.2. The Balaban J connectivity index is 1.51. The summed E-state index contributed by atoms with van der Waals surface area (Å²) in [6.07, 6.45) is 5.66. The minimum atomic E-state index is 0.232. The number of hydrogen-bond donors (Lipinski definition) is 2. The van der Waals surface area contributed by atoms with Crippen molar-refractivity contribution in [2.45, 2.75) is 50.6 Å². The van der Waals surface area contributed by atoms with Crippen LogP contribution in [0.5, 0.6) is 5.75 Å². The average Bonchev–Trinajstić information content (AvgIpc) is 3.32. The molecule has 1 unspecified atom stereocenters. The summed E-state index contributed by atoms with van der Waals surface area (Å²) >= 11 is 6.47. The molecule has 0 bridgehead atoms. The number of nitrogens with zero attached hydrogens (tertiary/aromatic N) is 2. The van der Waals surface area contributed by atoms with E-state index in [4.69, 9.17) is 16.3 Å². The first-order valence-electron chi connectivity index (χ1n) is 8.26. The quantitative estimate of drug-likeness (QED) is 0.879. The van der Waals surface area contributed by atoms with Crippen molar-refractivity contribution >= 4 is 11.6 Å². The highest BCUT2D eigenvalue weighted by atomic mass is 35.5. The van der Waals surface area contributed by atoms with Gasteiger partial charge < -0.3 is 10.1 Å². The van der Waals surface area contributed by atoms with E-state index >= 15 is 0 Å². The van der Waals surface area contributed by atoms with Crippen molar-refractivity contribution < 1.29 is 4.74 Å². The number of nitrogens with one attached hydrogen (secondary N) is 2. The second-order valence-corrected chi connectivity index (χ2v) is 6.79. The number of H-pyrrole nitrogens is 1. The van der Waals surface area contributed by atoms with Crippen LogP contribution in [0.3, 0.4) is 0 Å². The van der Waals surface area contributed by atoms with Gasteiger partial charge in [-0.15, -0.1) is 0 Å². The number of hydrogen-bond acceptors (Lipinski definition) is 4. The molecule has 2 N–H and O–H groups in total. The first kappa shape index (κ1) is 15.0. The molecular weight excluding hydrogens is 312 g/mol. The molecule has 0 radical (unpaired) electrons. The number of aromatic nitrogens is 3. The molecule has 0 amide bonds. The fraction of sp³-hybridized carbons (Fsp3) is 0.529. The van der Waals surface area contributed by atoms with Crippen LogP contribution in [0, 0.1) is 0 Å². The molecule has 2 aliphatic carbocycles. The average molecular weight is 333 g/mol. The Morgan fingerprint density at radius 2 is 2.22 bits per heavy atom. The first-order valence-corrected chi connectivity index (χ1v) is 8.64. The van der Waals surface area contributed by atoms with Crippen molar-refractivity contribution in [3.05, 3.63) is 39.9 Å². The summed E-state index contributed by atoms with van der Waals surface area (Å²) in [5.41, 5.74) is 2.42. The fourth-order valence-corrected chi connectivity index (χ4v) is 3.72. The van der Waals surface area contributed by atoms with Gasteiger partial charge in [-0.2, -0.15) is 5.10 Å². The van der Waals surface area contributed by atoms with Gasteiger partial charge in [-0.05, 0) is 49.8 Å². The van der Waals surface area contributed by atoms with Gasteiger partial charge in [0.2, 0.25) is 0 Å². The van der Waals surface area contributed by atoms with Gasteiger partial charge in [0, 0.05) is 22.5 Å². The van der Waals surface area contributed by atoms with E-state index < -0.39 is 0 Å². The Bertz CT molecular complexity index is 711.